The second-order valence-electron chi connectivity index (χ2n) is 7.44. The normalized spacial score (nSPS) is 22.4. The lowest BCUT2D eigenvalue weighted by Gasteiger charge is -2.40. The van der Waals surface area contributed by atoms with E-state index in [9.17, 15) is 0 Å². The molecule has 0 radical (unpaired) electrons. The molecule has 0 aromatic carbocycles. The lowest BCUT2D eigenvalue weighted by Crippen LogP contribution is -2.51. The van der Waals surface area contributed by atoms with Gasteiger partial charge in [0.05, 0.1) is 17.9 Å². The number of aryl methyl sites for hydroxylation is 1. The molecule has 0 amide bonds. The number of anilines is 2. The van der Waals surface area contributed by atoms with Crippen LogP contribution in [0.1, 0.15) is 30.3 Å². The van der Waals surface area contributed by atoms with Crippen molar-refractivity contribution in [2.75, 3.05) is 30.3 Å². The third-order valence-corrected chi connectivity index (χ3v) is 5.70. The number of nitrogens with two attached hydrogens (primary N) is 1. The number of rotatable bonds is 3. The summed E-state index contributed by atoms with van der Waals surface area (Å²) in [7, 11) is 0. The van der Waals surface area contributed by atoms with E-state index in [1.165, 1.54) is 0 Å². The zero-order valence-corrected chi connectivity index (χ0v) is 15.8. The van der Waals surface area contributed by atoms with Gasteiger partial charge in [0.1, 0.15) is 5.69 Å². The van der Waals surface area contributed by atoms with Gasteiger partial charge in [-0.1, -0.05) is 5.21 Å². The van der Waals surface area contributed by atoms with Crippen molar-refractivity contribution in [3.63, 3.8) is 0 Å². The van der Waals surface area contributed by atoms with Gasteiger partial charge in [0.2, 0.25) is 0 Å². The summed E-state index contributed by atoms with van der Waals surface area (Å²) in [5.41, 5.74) is 9.01. The topological polar surface area (TPSA) is 102 Å². The minimum atomic E-state index is 0.308. The van der Waals surface area contributed by atoms with Crippen LogP contribution < -0.4 is 10.6 Å². The Bertz CT molecular complexity index is 985. The Morgan fingerprint density at radius 1 is 1.07 bits per heavy atom. The Kier molecular flexibility index (Phi) is 4.16. The molecule has 2 saturated heterocycles. The molecule has 3 aromatic rings. The molecule has 2 aliphatic rings. The van der Waals surface area contributed by atoms with E-state index in [2.05, 4.69) is 41.3 Å². The van der Waals surface area contributed by atoms with E-state index in [1.807, 2.05) is 23.7 Å². The SMILES string of the molecule is Cc1cc(-n2cc([C@H]3CC[C@H]4CN(c5nccnc5N)CCN43)nn2)ccn1. The van der Waals surface area contributed by atoms with Crippen molar-refractivity contribution in [3.05, 3.63) is 48.3 Å². The van der Waals surface area contributed by atoms with Crippen LogP contribution in [0.2, 0.25) is 0 Å². The van der Waals surface area contributed by atoms with Crippen molar-refractivity contribution in [2.45, 2.75) is 31.8 Å². The molecule has 0 spiro atoms. The van der Waals surface area contributed by atoms with Crippen LogP contribution in [-0.4, -0.2) is 60.5 Å². The van der Waals surface area contributed by atoms with Gasteiger partial charge in [-0.3, -0.25) is 9.88 Å². The Morgan fingerprint density at radius 3 is 2.82 bits per heavy atom. The molecular formula is C19H23N9. The number of aromatic nitrogens is 6. The van der Waals surface area contributed by atoms with E-state index >= 15 is 0 Å². The molecule has 3 aromatic heterocycles. The number of hydrogen-bond donors (Lipinski definition) is 1. The number of nitrogen functional groups attached to an aromatic ring is 1. The quantitative estimate of drug-likeness (QED) is 0.730. The maximum atomic E-state index is 6.02. The second kappa shape index (κ2) is 6.83. The largest absolute Gasteiger partial charge is 0.381 e. The maximum Gasteiger partial charge on any atom is 0.171 e. The van der Waals surface area contributed by atoms with E-state index < -0.39 is 0 Å². The third-order valence-electron chi connectivity index (χ3n) is 5.70. The highest BCUT2D eigenvalue weighted by Gasteiger charge is 2.40. The van der Waals surface area contributed by atoms with Crippen LogP contribution in [0.5, 0.6) is 0 Å². The summed E-state index contributed by atoms with van der Waals surface area (Å²) in [4.78, 5) is 17.7. The molecular weight excluding hydrogens is 354 g/mol. The zero-order valence-electron chi connectivity index (χ0n) is 15.8. The highest BCUT2D eigenvalue weighted by molar-refractivity contribution is 5.57. The zero-order chi connectivity index (χ0) is 19.1. The predicted molar refractivity (Wildman–Crippen MR) is 105 cm³/mol. The van der Waals surface area contributed by atoms with Crippen LogP contribution in [-0.2, 0) is 0 Å². The van der Waals surface area contributed by atoms with Gasteiger partial charge in [-0.25, -0.2) is 14.6 Å². The average molecular weight is 377 g/mol. The lowest BCUT2D eigenvalue weighted by atomic mass is 10.1. The van der Waals surface area contributed by atoms with Crippen LogP contribution in [0.15, 0.2) is 36.9 Å². The van der Waals surface area contributed by atoms with Gasteiger partial charge in [0, 0.05) is 50.0 Å². The fourth-order valence-electron chi connectivity index (χ4n) is 4.38. The molecule has 28 heavy (non-hydrogen) atoms. The molecule has 5 heterocycles. The number of piperazine rings is 1. The molecule has 2 N–H and O–H groups in total. The Balaban J connectivity index is 1.33. The number of fused-ring (bicyclic) bond motifs is 1. The molecule has 2 atom stereocenters. The fraction of sp³-hybridized carbons (Fsp3) is 0.421. The molecule has 0 saturated carbocycles. The summed E-state index contributed by atoms with van der Waals surface area (Å²) < 4.78 is 1.84. The maximum absolute atomic E-state index is 6.02. The second-order valence-corrected chi connectivity index (χ2v) is 7.44. The monoisotopic (exact) mass is 377 g/mol. The van der Waals surface area contributed by atoms with Gasteiger partial charge in [0.15, 0.2) is 11.6 Å². The van der Waals surface area contributed by atoms with Crippen LogP contribution in [0.3, 0.4) is 0 Å². The lowest BCUT2D eigenvalue weighted by molar-refractivity contribution is 0.173. The summed E-state index contributed by atoms with van der Waals surface area (Å²) in [5, 5.41) is 8.83. The summed E-state index contributed by atoms with van der Waals surface area (Å²) in [6, 6.07) is 4.74. The summed E-state index contributed by atoms with van der Waals surface area (Å²) in [6.45, 7) is 4.73. The third kappa shape index (κ3) is 2.97. The van der Waals surface area contributed by atoms with Gasteiger partial charge in [-0.2, -0.15) is 0 Å². The van der Waals surface area contributed by atoms with Crippen molar-refractivity contribution in [1.29, 1.82) is 0 Å². The van der Waals surface area contributed by atoms with Crippen LogP contribution >= 0.6 is 0 Å². The molecule has 0 aliphatic carbocycles. The smallest absolute Gasteiger partial charge is 0.171 e. The highest BCUT2D eigenvalue weighted by atomic mass is 15.4. The molecule has 144 valence electrons. The molecule has 0 bridgehead atoms. The summed E-state index contributed by atoms with van der Waals surface area (Å²) in [5.74, 6) is 1.30. The minimum absolute atomic E-state index is 0.308. The van der Waals surface area contributed by atoms with Crippen molar-refractivity contribution < 1.29 is 0 Å². The van der Waals surface area contributed by atoms with E-state index in [-0.39, 0.29) is 0 Å². The standard InChI is InChI=1S/C19H23N9/c1-13-10-14(4-5-21-13)28-12-16(24-25-28)17-3-2-15-11-26(8-9-27(15)17)19-18(20)22-6-7-23-19/h4-7,10,12,15,17H,2-3,8-9,11H2,1H3,(H2,20,22)/t15-,17+/m0/s1. The van der Waals surface area contributed by atoms with Crippen LogP contribution in [0.25, 0.3) is 5.69 Å². The summed E-state index contributed by atoms with van der Waals surface area (Å²) >= 11 is 0. The van der Waals surface area contributed by atoms with Crippen molar-refractivity contribution in [2.24, 2.45) is 0 Å². The Labute approximate surface area is 163 Å². The van der Waals surface area contributed by atoms with E-state index in [0.29, 0.717) is 17.9 Å². The van der Waals surface area contributed by atoms with Gasteiger partial charge in [-0.05, 0) is 31.9 Å². The van der Waals surface area contributed by atoms with Crippen molar-refractivity contribution in [3.8, 4) is 5.69 Å². The van der Waals surface area contributed by atoms with Crippen LogP contribution in [0.4, 0.5) is 11.6 Å². The molecule has 5 rings (SSSR count). The first-order valence-electron chi connectivity index (χ1n) is 9.61. The van der Waals surface area contributed by atoms with Gasteiger partial charge in [0.25, 0.3) is 0 Å². The molecule has 9 nitrogen and oxygen atoms in total. The average Bonchev–Trinajstić information content (AvgIpc) is 3.35. The van der Waals surface area contributed by atoms with Gasteiger partial charge >= 0.3 is 0 Å². The fourth-order valence-corrected chi connectivity index (χ4v) is 4.38. The first-order chi connectivity index (χ1) is 13.7. The Hall–Kier alpha value is -3.07. The van der Waals surface area contributed by atoms with Crippen LogP contribution in [0, 0.1) is 6.92 Å². The predicted octanol–water partition coefficient (Wildman–Crippen LogP) is 1.37. The number of hydrogen-bond acceptors (Lipinski definition) is 8. The highest BCUT2D eigenvalue weighted by Crippen LogP contribution is 2.38. The minimum Gasteiger partial charge on any atom is -0.381 e. The number of pyridine rings is 1. The molecule has 9 heteroatoms. The first-order valence-corrected chi connectivity index (χ1v) is 9.61. The molecule has 2 aliphatic heterocycles. The van der Waals surface area contributed by atoms with Crippen molar-refractivity contribution in [1.82, 2.24) is 34.8 Å². The van der Waals surface area contributed by atoms with Crippen molar-refractivity contribution >= 4 is 11.6 Å². The van der Waals surface area contributed by atoms with E-state index in [1.54, 1.807) is 18.6 Å². The van der Waals surface area contributed by atoms with Gasteiger partial charge < -0.3 is 10.6 Å². The number of nitrogens with zero attached hydrogens (tertiary/aromatic N) is 8. The van der Waals surface area contributed by atoms with Gasteiger partial charge in [-0.15, -0.1) is 5.10 Å². The molecule has 2 fully saturated rings. The Morgan fingerprint density at radius 2 is 1.96 bits per heavy atom. The molecule has 0 unspecified atom stereocenters. The first kappa shape index (κ1) is 17.1. The summed E-state index contributed by atoms with van der Waals surface area (Å²) in [6.07, 6.45) is 9.40. The van der Waals surface area contributed by atoms with E-state index in [4.69, 9.17) is 5.73 Å². The van der Waals surface area contributed by atoms with E-state index in [0.717, 1.165) is 55.4 Å².